The summed E-state index contributed by atoms with van der Waals surface area (Å²) in [7, 11) is 1.32. The van der Waals surface area contributed by atoms with E-state index in [1.54, 1.807) is 6.92 Å². The van der Waals surface area contributed by atoms with Crippen LogP contribution in [0.15, 0.2) is 66.7 Å². The Morgan fingerprint density at radius 1 is 1.03 bits per heavy atom. The van der Waals surface area contributed by atoms with E-state index in [-0.39, 0.29) is 23.3 Å². The molecule has 4 rings (SSSR count). The smallest absolute Gasteiger partial charge is 0.311 e. The van der Waals surface area contributed by atoms with Crippen LogP contribution in [0.2, 0.25) is 0 Å². The summed E-state index contributed by atoms with van der Waals surface area (Å²) >= 11 is 0. The lowest BCUT2D eigenvalue weighted by Crippen LogP contribution is -2.18. The lowest BCUT2D eigenvalue weighted by atomic mass is 9.90. The van der Waals surface area contributed by atoms with Crippen molar-refractivity contribution in [2.75, 3.05) is 7.11 Å². The normalized spacial score (nSPS) is 12.0. The molecule has 1 unspecified atom stereocenters. The summed E-state index contributed by atoms with van der Waals surface area (Å²) in [5.74, 6) is -3.81. The van der Waals surface area contributed by atoms with Crippen LogP contribution in [-0.4, -0.2) is 28.7 Å². The van der Waals surface area contributed by atoms with Gasteiger partial charge in [-0.1, -0.05) is 30.3 Å². The first-order chi connectivity index (χ1) is 15.8. The lowest BCUT2D eigenvalue weighted by Gasteiger charge is -2.14. The van der Waals surface area contributed by atoms with Crippen molar-refractivity contribution in [1.29, 1.82) is 0 Å². The number of nitrogens with zero attached hydrogens (tertiary/aromatic N) is 1. The summed E-state index contributed by atoms with van der Waals surface area (Å²) < 4.78 is 34.4. The predicted octanol–water partition coefficient (Wildman–Crippen LogP) is 5.34. The molecule has 4 aromatic rings. The van der Waals surface area contributed by atoms with E-state index in [4.69, 9.17) is 4.74 Å². The average molecular weight is 449 g/mol. The fraction of sp³-hybridized carbons (Fsp3) is 0.154. The quantitative estimate of drug-likeness (QED) is 0.432. The minimum absolute atomic E-state index is 0.0565. The molecule has 0 radical (unpaired) electrons. The number of methoxy groups -OCH3 is 1. The van der Waals surface area contributed by atoms with E-state index in [0.717, 1.165) is 23.8 Å². The molecule has 0 aliphatic rings. The van der Waals surface area contributed by atoms with Crippen molar-refractivity contribution in [1.82, 2.24) is 4.57 Å². The zero-order valence-corrected chi connectivity index (χ0v) is 18.0. The number of benzene rings is 3. The predicted molar refractivity (Wildman–Crippen MR) is 120 cm³/mol. The van der Waals surface area contributed by atoms with Gasteiger partial charge in [-0.15, -0.1) is 0 Å². The summed E-state index contributed by atoms with van der Waals surface area (Å²) in [6, 6.07) is 16.7. The van der Waals surface area contributed by atoms with Crippen LogP contribution in [0.25, 0.3) is 10.9 Å². The number of carboxylic acid groups (broad SMARTS) is 1. The third-order valence-corrected chi connectivity index (χ3v) is 5.75. The topological polar surface area (TPSA) is 68.5 Å². The van der Waals surface area contributed by atoms with Crippen molar-refractivity contribution in [3.8, 4) is 5.75 Å². The van der Waals surface area contributed by atoms with Crippen LogP contribution in [0.4, 0.5) is 8.78 Å². The first-order valence-corrected chi connectivity index (χ1v) is 10.3. The Bertz CT molecular complexity index is 1340. The molecule has 0 aliphatic carbocycles. The minimum atomic E-state index is -1.07. The average Bonchev–Trinajstić information content (AvgIpc) is 3.07. The number of aliphatic carboxylic acids is 1. The van der Waals surface area contributed by atoms with Gasteiger partial charge in [0.15, 0.2) is 11.6 Å². The fourth-order valence-corrected chi connectivity index (χ4v) is 4.18. The highest BCUT2D eigenvalue weighted by atomic mass is 19.1. The molecular weight excluding hydrogens is 428 g/mol. The van der Waals surface area contributed by atoms with Crippen LogP contribution in [0.3, 0.4) is 0 Å². The molecule has 0 fully saturated rings. The molecule has 0 saturated heterocycles. The molecule has 7 heteroatoms. The highest BCUT2D eigenvalue weighted by molar-refractivity contribution is 6.05. The van der Waals surface area contributed by atoms with Gasteiger partial charge in [-0.25, -0.2) is 8.78 Å². The summed E-state index contributed by atoms with van der Waals surface area (Å²) in [6.45, 7) is 1.63. The maximum absolute atomic E-state index is 14.7. The van der Waals surface area contributed by atoms with E-state index in [9.17, 15) is 23.5 Å². The molecule has 1 atom stereocenters. The Morgan fingerprint density at radius 2 is 1.70 bits per heavy atom. The molecule has 3 aromatic carbocycles. The Balaban J connectivity index is 1.97. The maximum atomic E-state index is 14.7. The van der Waals surface area contributed by atoms with E-state index in [2.05, 4.69) is 0 Å². The second-order valence-corrected chi connectivity index (χ2v) is 7.73. The molecule has 1 heterocycles. The molecule has 33 heavy (non-hydrogen) atoms. The second kappa shape index (κ2) is 8.86. The molecule has 0 bridgehead atoms. The van der Waals surface area contributed by atoms with Gasteiger partial charge in [-0.2, -0.15) is 0 Å². The minimum Gasteiger partial charge on any atom is -0.494 e. The Morgan fingerprint density at radius 3 is 2.30 bits per heavy atom. The molecule has 1 aromatic heterocycles. The number of carbonyl (C=O) groups is 2. The molecular formula is C26H21F2NO4. The summed E-state index contributed by atoms with van der Waals surface area (Å²) in [5, 5.41) is 10.5. The molecule has 0 amide bonds. The zero-order chi connectivity index (χ0) is 23.7. The SMILES string of the molecule is COc1cc2c(C(Cc3ccccc3)C(=O)O)c(C)n(C(=O)c3ccc(F)cc3)c2cc1F. The van der Waals surface area contributed by atoms with Crippen molar-refractivity contribution >= 4 is 22.8 Å². The number of aromatic nitrogens is 1. The van der Waals surface area contributed by atoms with E-state index in [0.29, 0.717) is 16.6 Å². The Kier molecular flexibility index (Phi) is 5.96. The standard InChI is InChI=1S/C26H21F2NO4/c1-15-24(20(26(31)32)12-16-6-4-3-5-7-16)19-13-23(33-2)21(28)14-22(19)29(15)25(30)17-8-10-18(27)11-9-17/h3-11,13-14,20H,12H2,1-2H3,(H,31,32). The first-order valence-electron chi connectivity index (χ1n) is 10.3. The largest absolute Gasteiger partial charge is 0.494 e. The number of hydrogen-bond donors (Lipinski definition) is 1. The number of rotatable bonds is 6. The monoisotopic (exact) mass is 449 g/mol. The van der Waals surface area contributed by atoms with Gasteiger partial charge < -0.3 is 9.84 Å². The van der Waals surface area contributed by atoms with E-state index < -0.39 is 29.4 Å². The fourth-order valence-electron chi connectivity index (χ4n) is 4.18. The van der Waals surface area contributed by atoms with E-state index in [1.807, 2.05) is 30.3 Å². The van der Waals surface area contributed by atoms with Gasteiger partial charge in [0.2, 0.25) is 0 Å². The highest BCUT2D eigenvalue weighted by Crippen LogP contribution is 2.37. The van der Waals surface area contributed by atoms with Gasteiger partial charge in [0, 0.05) is 22.7 Å². The van der Waals surface area contributed by atoms with Crippen LogP contribution < -0.4 is 4.74 Å². The van der Waals surface area contributed by atoms with E-state index in [1.165, 1.54) is 29.9 Å². The van der Waals surface area contributed by atoms with Crippen molar-refractivity contribution in [3.05, 3.63) is 101 Å². The lowest BCUT2D eigenvalue weighted by molar-refractivity contribution is -0.138. The molecule has 168 valence electrons. The third-order valence-electron chi connectivity index (χ3n) is 5.75. The molecule has 5 nitrogen and oxygen atoms in total. The van der Waals surface area contributed by atoms with Crippen molar-refractivity contribution in [2.24, 2.45) is 0 Å². The third kappa shape index (κ3) is 4.09. The van der Waals surface area contributed by atoms with Gasteiger partial charge in [0.1, 0.15) is 5.82 Å². The van der Waals surface area contributed by atoms with Crippen molar-refractivity contribution < 1.29 is 28.2 Å². The van der Waals surface area contributed by atoms with Crippen molar-refractivity contribution in [3.63, 3.8) is 0 Å². The summed E-state index contributed by atoms with van der Waals surface area (Å²) in [6.07, 6.45) is 0.181. The highest BCUT2D eigenvalue weighted by Gasteiger charge is 2.30. The summed E-state index contributed by atoms with van der Waals surface area (Å²) in [4.78, 5) is 25.7. The first kappa shape index (κ1) is 22.2. The van der Waals surface area contributed by atoms with Gasteiger partial charge in [-0.3, -0.25) is 14.2 Å². The van der Waals surface area contributed by atoms with Gasteiger partial charge in [0.05, 0.1) is 18.5 Å². The number of hydrogen-bond acceptors (Lipinski definition) is 3. The van der Waals surface area contributed by atoms with Crippen LogP contribution in [0.5, 0.6) is 5.75 Å². The molecule has 0 aliphatic heterocycles. The Labute approximate surface area is 188 Å². The maximum Gasteiger partial charge on any atom is 0.311 e. The van der Waals surface area contributed by atoms with Gasteiger partial charge in [-0.05, 0) is 54.8 Å². The van der Waals surface area contributed by atoms with Crippen LogP contribution in [0, 0.1) is 18.6 Å². The molecule has 0 spiro atoms. The van der Waals surface area contributed by atoms with Crippen LogP contribution in [-0.2, 0) is 11.2 Å². The van der Waals surface area contributed by atoms with E-state index >= 15 is 0 Å². The molecule has 0 saturated carbocycles. The van der Waals surface area contributed by atoms with Crippen molar-refractivity contribution in [2.45, 2.75) is 19.3 Å². The number of carbonyl (C=O) groups excluding carboxylic acids is 1. The van der Waals surface area contributed by atoms with Crippen LogP contribution >= 0.6 is 0 Å². The summed E-state index contributed by atoms with van der Waals surface area (Å²) in [5.41, 5.74) is 1.98. The van der Waals surface area contributed by atoms with Crippen LogP contribution in [0.1, 0.15) is 33.1 Å². The number of ether oxygens (including phenoxy) is 1. The second-order valence-electron chi connectivity index (χ2n) is 7.73. The molecule has 1 N–H and O–H groups in total. The number of carboxylic acids is 1. The number of fused-ring (bicyclic) bond motifs is 1. The van der Waals surface area contributed by atoms with Gasteiger partial charge >= 0.3 is 5.97 Å². The Hall–Kier alpha value is -4.00. The van der Waals surface area contributed by atoms with Gasteiger partial charge in [0.25, 0.3) is 5.91 Å². The zero-order valence-electron chi connectivity index (χ0n) is 18.0. The number of halogens is 2.